The lowest BCUT2D eigenvalue weighted by Gasteiger charge is -2.25. The second-order valence-corrected chi connectivity index (χ2v) is 5.96. The summed E-state index contributed by atoms with van der Waals surface area (Å²) < 4.78 is 0. The van der Waals surface area contributed by atoms with Gasteiger partial charge in [0.05, 0.1) is 6.04 Å². The Morgan fingerprint density at radius 2 is 2.00 bits per heavy atom. The maximum atomic E-state index is 12.0. The third kappa shape index (κ3) is 2.41. The molecule has 1 aliphatic rings. The third-order valence-electron chi connectivity index (χ3n) is 3.85. The highest BCUT2D eigenvalue weighted by molar-refractivity contribution is 5.81. The van der Waals surface area contributed by atoms with Crippen molar-refractivity contribution in [2.24, 2.45) is 11.1 Å². The van der Waals surface area contributed by atoms with Crippen LogP contribution in [0.15, 0.2) is 30.3 Å². The minimum atomic E-state index is -0.407. The molecule has 1 fully saturated rings. The summed E-state index contributed by atoms with van der Waals surface area (Å²) in [5.74, 6) is 0.447. The van der Waals surface area contributed by atoms with Crippen LogP contribution in [0.25, 0.3) is 0 Å². The smallest absolute Gasteiger partial charge is 0.239 e. The molecule has 1 aliphatic heterocycles. The average Bonchev–Trinajstić information content (AvgIpc) is 2.65. The lowest BCUT2D eigenvalue weighted by molar-refractivity contribution is -0.131. The van der Waals surface area contributed by atoms with E-state index in [4.69, 9.17) is 5.73 Å². The molecule has 2 rings (SSSR count). The van der Waals surface area contributed by atoms with Crippen LogP contribution in [0.1, 0.15) is 32.3 Å². The number of rotatable bonds is 2. The van der Waals surface area contributed by atoms with Crippen molar-refractivity contribution in [3.05, 3.63) is 35.9 Å². The van der Waals surface area contributed by atoms with Gasteiger partial charge in [0.25, 0.3) is 0 Å². The van der Waals surface area contributed by atoms with Crippen molar-refractivity contribution in [1.29, 1.82) is 0 Å². The zero-order valence-corrected chi connectivity index (χ0v) is 11.4. The maximum Gasteiger partial charge on any atom is 0.239 e. The van der Waals surface area contributed by atoms with Crippen LogP contribution in [-0.2, 0) is 4.79 Å². The van der Waals surface area contributed by atoms with Gasteiger partial charge in [-0.05, 0) is 17.9 Å². The van der Waals surface area contributed by atoms with E-state index in [0.717, 1.165) is 13.1 Å². The van der Waals surface area contributed by atoms with Crippen LogP contribution in [0.5, 0.6) is 0 Å². The summed E-state index contributed by atoms with van der Waals surface area (Å²) in [6, 6.07) is 10.0. The van der Waals surface area contributed by atoms with E-state index in [1.165, 1.54) is 5.56 Å². The summed E-state index contributed by atoms with van der Waals surface area (Å²) in [7, 11) is 0. The Labute approximate surface area is 109 Å². The molecule has 1 heterocycles. The SMILES string of the molecule is C[C@@H](N)C(=O)N1CC(c2ccccc2)C(C)(C)C1. The van der Waals surface area contributed by atoms with Gasteiger partial charge < -0.3 is 10.6 Å². The van der Waals surface area contributed by atoms with E-state index >= 15 is 0 Å². The van der Waals surface area contributed by atoms with Gasteiger partial charge in [-0.2, -0.15) is 0 Å². The van der Waals surface area contributed by atoms with E-state index < -0.39 is 6.04 Å². The molecule has 1 saturated heterocycles. The molecule has 0 aliphatic carbocycles. The highest BCUT2D eigenvalue weighted by Crippen LogP contribution is 2.42. The zero-order valence-electron chi connectivity index (χ0n) is 11.4. The van der Waals surface area contributed by atoms with E-state index in [1.807, 2.05) is 11.0 Å². The Morgan fingerprint density at radius 1 is 1.39 bits per heavy atom. The number of nitrogens with zero attached hydrogens (tertiary/aromatic N) is 1. The minimum absolute atomic E-state index is 0.0570. The van der Waals surface area contributed by atoms with Gasteiger partial charge >= 0.3 is 0 Å². The fourth-order valence-corrected chi connectivity index (χ4v) is 2.83. The standard InChI is InChI=1S/C15H22N2O/c1-11(16)14(18)17-9-13(15(2,3)10-17)12-7-5-4-6-8-12/h4-8,11,13H,9-10,16H2,1-3H3/t11-,13?/m1/s1. The lowest BCUT2D eigenvalue weighted by Crippen LogP contribution is -2.41. The molecule has 1 amide bonds. The maximum absolute atomic E-state index is 12.0. The molecule has 18 heavy (non-hydrogen) atoms. The van der Waals surface area contributed by atoms with Crippen molar-refractivity contribution < 1.29 is 4.79 Å². The fourth-order valence-electron chi connectivity index (χ4n) is 2.83. The van der Waals surface area contributed by atoms with Crippen molar-refractivity contribution in [2.75, 3.05) is 13.1 Å². The lowest BCUT2D eigenvalue weighted by atomic mass is 9.78. The van der Waals surface area contributed by atoms with Gasteiger partial charge in [0.2, 0.25) is 5.91 Å². The van der Waals surface area contributed by atoms with Crippen molar-refractivity contribution in [2.45, 2.75) is 32.7 Å². The quantitative estimate of drug-likeness (QED) is 0.867. The molecule has 2 atom stereocenters. The monoisotopic (exact) mass is 246 g/mol. The summed E-state index contributed by atoms with van der Waals surface area (Å²) in [5, 5.41) is 0. The fraction of sp³-hybridized carbons (Fsp3) is 0.533. The van der Waals surface area contributed by atoms with Gasteiger partial charge in [-0.3, -0.25) is 4.79 Å². The van der Waals surface area contributed by atoms with Crippen LogP contribution in [0, 0.1) is 5.41 Å². The predicted molar refractivity (Wildman–Crippen MR) is 73.2 cm³/mol. The first kappa shape index (κ1) is 13.1. The van der Waals surface area contributed by atoms with E-state index in [2.05, 4.69) is 38.1 Å². The molecule has 1 aromatic carbocycles. The number of nitrogens with two attached hydrogens (primary N) is 1. The number of likely N-dealkylation sites (tertiary alicyclic amines) is 1. The highest BCUT2D eigenvalue weighted by Gasteiger charge is 2.42. The zero-order chi connectivity index (χ0) is 13.3. The van der Waals surface area contributed by atoms with Crippen LogP contribution in [0.2, 0.25) is 0 Å². The Morgan fingerprint density at radius 3 is 2.56 bits per heavy atom. The third-order valence-corrected chi connectivity index (χ3v) is 3.85. The van der Waals surface area contributed by atoms with Crippen molar-refractivity contribution >= 4 is 5.91 Å². The number of hydrogen-bond acceptors (Lipinski definition) is 2. The van der Waals surface area contributed by atoms with Gasteiger partial charge in [-0.25, -0.2) is 0 Å². The van der Waals surface area contributed by atoms with E-state index in [0.29, 0.717) is 5.92 Å². The van der Waals surface area contributed by atoms with E-state index in [-0.39, 0.29) is 11.3 Å². The summed E-state index contributed by atoms with van der Waals surface area (Å²) in [5.41, 5.74) is 7.11. The first-order valence-corrected chi connectivity index (χ1v) is 6.51. The molecule has 98 valence electrons. The predicted octanol–water partition coefficient (Wildman–Crippen LogP) is 1.99. The second-order valence-electron chi connectivity index (χ2n) is 5.96. The molecule has 0 saturated carbocycles. The van der Waals surface area contributed by atoms with Crippen LogP contribution in [0.4, 0.5) is 0 Å². The van der Waals surface area contributed by atoms with Crippen molar-refractivity contribution in [3.63, 3.8) is 0 Å². The van der Waals surface area contributed by atoms with Crippen molar-refractivity contribution in [3.8, 4) is 0 Å². The molecule has 1 unspecified atom stereocenters. The van der Waals surface area contributed by atoms with Gasteiger partial charge in [0.15, 0.2) is 0 Å². The summed E-state index contributed by atoms with van der Waals surface area (Å²) >= 11 is 0. The second kappa shape index (κ2) is 4.73. The number of benzene rings is 1. The van der Waals surface area contributed by atoms with Crippen LogP contribution in [0.3, 0.4) is 0 Å². The molecular formula is C15H22N2O. The molecule has 0 bridgehead atoms. The Kier molecular flexibility index (Phi) is 3.44. The number of amides is 1. The van der Waals surface area contributed by atoms with E-state index in [1.54, 1.807) is 6.92 Å². The first-order chi connectivity index (χ1) is 8.42. The van der Waals surface area contributed by atoms with Crippen molar-refractivity contribution in [1.82, 2.24) is 4.90 Å². The molecule has 3 heteroatoms. The molecule has 1 aromatic rings. The van der Waals surface area contributed by atoms with Gasteiger partial charge in [-0.1, -0.05) is 44.2 Å². The Balaban J connectivity index is 2.21. The molecule has 2 N–H and O–H groups in total. The molecule has 0 aromatic heterocycles. The van der Waals surface area contributed by atoms with Crippen LogP contribution in [-0.4, -0.2) is 29.9 Å². The summed E-state index contributed by atoms with van der Waals surface area (Å²) in [4.78, 5) is 13.9. The van der Waals surface area contributed by atoms with E-state index in [9.17, 15) is 4.79 Å². The number of carbonyl (C=O) groups excluding carboxylic acids is 1. The minimum Gasteiger partial charge on any atom is -0.340 e. The summed E-state index contributed by atoms with van der Waals surface area (Å²) in [6.07, 6.45) is 0. The Bertz CT molecular complexity index is 425. The number of hydrogen-bond donors (Lipinski definition) is 1. The number of carbonyl (C=O) groups is 1. The van der Waals surface area contributed by atoms with Crippen LogP contribution < -0.4 is 5.73 Å². The normalized spacial score (nSPS) is 24.0. The highest BCUT2D eigenvalue weighted by atomic mass is 16.2. The first-order valence-electron chi connectivity index (χ1n) is 6.51. The van der Waals surface area contributed by atoms with Gasteiger partial charge in [0, 0.05) is 19.0 Å². The largest absolute Gasteiger partial charge is 0.340 e. The Hall–Kier alpha value is -1.35. The molecule has 3 nitrogen and oxygen atoms in total. The van der Waals surface area contributed by atoms with Gasteiger partial charge in [0.1, 0.15) is 0 Å². The molecule has 0 radical (unpaired) electrons. The summed E-state index contributed by atoms with van der Waals surface area (Å²) in [6.45, 7) is 7.76. The molecule has 0 spiro atoms. The van der Waals surface area contributed by atoms with Crippen LogP contribution >= 0.6 is 0 Å². The molecular weight excluding hydrogens is 224 g/mol. The van der Waals surface area contributed by atoms with Gasteiger partial charge in [-0.15, -0.1) is 0 Å². The topological polar surface area (TPSA) is 46.3 Å². The average molecular weight is 246 g/mol.